The molecule has 300 valence electrons. The first-order chi connectivity index (χ1) is 31.7. The van der Waals surface area contributed by atoms with Crippen LogP contribution < -0.4 is 4.90 Å². The van der Waals surface area contributed by atoms with Crippen LogP contribution in [-0.2, 0) is 5.41 Å². The Kier molecular flexibility index (Phi) is 8.55. The highest BCUT2D eigenvalue weighted by atomic mass is 32.1. The normalized spacial score (nSPS) is 12.8. The van der Waals surface area contributed by atoms with Crippen molar-refractivity contribution in [2.75, 3.05) is 4.90 Å². The van der Waals surface area contributed by atoms with E-state index in [1.807, 2.05) is 22.7 Å². The van der Waals surface area contributed by atoms with Crippen molar-refractivity contribution in [2.24, 2.45) is 0 Å². The van der Waals surface area contributed by atoms with Gasteiger partial charge >= 0.3 is 0 Å². The number of thiophene rings is 2. The maximum Gasteiger partial charge on any atom is 0.0714 e. The molecule has 3 heteroatoms. The largest absolute Gasteiger partial charge is 0.310 e. The van der Waals surface area contributed by atoms with E-state index in [9.17, 15) is 0 Å². The molecule has 1 nitrogen and oxygen atoms in total. The number of hydrogen-bond acceptors (Lipinski definition) is 3. The van der Waals surface area contributed by atoms with E-state index < -0.39 is 5.41 Å². The van der Waals surface area contributed by atoms with E-state index >= 15 is 0 Å². The fraction of sp³-hybridized carbons (Fsp3) is 0.0164. The summed E-state index contributed by atoms with van der Waals surface area (Å²) in [6.45, 7) is 0. The second-order valence-electron chi connectivity index (χ2n) is 16.7. The predicted octanol–water partition coefficient (Wildman–Crippen LogP) is 17.6. The van der Waals surface area contributed by atoms with E-state index in [-0.39, 0.29) is 0 Å². The minimum Gasteiger partial charge on any atom is -0.310 e. The van der Waals surface area contributed by atoms with Gasteiger partial charge in [0, 0.05) is 57.3 Å². The molecule has 0 saturated carbocycles. The molecular formula is C61H39NS2. The molecule has 1 aliphatic carbocycles. The standard InChI is InChI=1S/C61H39NS2/c1-3-15-43(16-4-1)61(44-17-5-2-6-18-44)53-24-10-7-21-51(53)59-54(61)25-14-26-55(59)62(46-37-38-58-52(39-46)49-20-9-11-27-56(49)63-58)45-35-33-41(34-36-45)40-29-31-42(32-30-40)47-22-13-23-50-48-19-8-12-28-57(48)64-60(47)50/h1-39H. The summed E-state index contributed by atoms with van der Waals surface area (Å²) in [7, 11) is 0. The summed E-state index contributed by atoms with van der Waals surface area (Å²) in [5.41, 5.74) is 15.4. The van der Waals surface area contributed by atoms with Crippen molar-refractivity contribution in [3.05, 3.63) is 259 Å². The van der Waals surface area contributed by atoms with Gasteiger partial charge in [-0.3, -0.25) is 0 Å². The van der Waals surface area contributed by atoms with Crippen molar-refractivity contribution < 1.29 is 0 Å². The highest BCUT2D eigenvalue weighted by Crippen LogP contribution is 2.59. The number of benzene rings is 10. The molecule has 0 N–H and O–H groups in total. The Morgan fingerprint density at radius 1 is 0.328 bits per heavy atom. The molecule has 64 heavy (non-hydrogen) atoms. The first kappa shape index (κ1) is 37.0. The van der Waals surface area contributed by atoms with Crippen molar-refractivity contribution in [2.45, 2.75) is 5.41 Å². The zero-order valence-corrected chi connectivity index (χ0v) is 36.4. The Bertz CT molecular complexity index is 3670. The van der Waals surface area contributed by atoms with Crippen LogP contribution in [-0.4, -0.2) is 0 Å². The van der Waals surface area contributed by atoms with Crippen LogP contribution in [0.4, 0.5) is 17.1 Å². The summed E-state index contributed by atoms with van der Waals surface area (Å²) in [6, 6.07) is 87.7. The summed E-state index contributed by atoms with van der Waals surface area (Å²) in [5, 5.41) is 5.23. The van der Waals surface area contributed by atoms with Crippen molar-refractivity contribution >= 4 is 80.1 Å². The average molecular weight is 850 g/mol. The Balaban J connectivity index is 0.974. The first-order valence-corrected chi connectivity index (χ1v) is 23.5. The lowest BCUT2D eigenvalue weighted by atomic mass is 9.68. The van der Waals surface area contributed by atoms with Gasteiger partial charge in [0.25, 0.3) is 0 Å². The molecule has 0 saturated heterocycles. The Labute approximate surface area is 380 Å². The van der Waals surface area contributed by atoms with E-state index in [1.54, 1.807) is 0 Å². The van der Waals surface area contributed by atoms with Crippen molar-refractivity contribution in [3.63, 3.8) is 0 Å². The maximum absolute atomic E-state index is 2.49. The van der Waals surface area contributed by atoms with Crippen molar-refractivity contribution in [1.29, 1.82) is 0 Å². The molecule has 0 bridgehead atoms. The summed E-state index contributed by atoms with van der Waals surface area (Å²) >= 11 is 3.74. The van der Waals surface area contributed by atoms with E-state index in [1.165, 1.54) is 96.0 Å². The third-order valence-electron chi connectivity index (χ3n) is 13.4. The molecule has 10 aromatic carbocycles. The van der Waals surface area contributed by atoms with Crippen LogP contribution in [0.15, 0.2) is 237 Å². The predicted molar refractivity (Wildman–Crippen MR) is 275 cm³/mol. The Morgan fingerprint density at radius 3 is 1.58 bits per heavy atom. The molecule has 1 aliphatic rings. The van der Waals surface area contributed by atoms with Crippen molar-refractivity contribution in [1.82, 2.24) is 0 Å². The highest BCUT2D eigenvalue weighted by Gasteiger charge is 2.47. The first-order valence-electron chi connectivity index (χ1n) is 21.9. The van der Waals surface area contributed by atoms with E-state index in [2.05, 4.69) is 241 Å². The van der Waals surface area contributed by atoms with Gasteiger partial charge in [-0.25, -0.2) is 0 Å². The monoisotopic (exact) mass is 849 g/mol. The molecular weight excluding hydrogens is 811 g/mol. The molecule has 0 aliphatic heterocycles. The van der Waals surface area contributed by atoms with Crippen molar-refractivity contribution in [3.8, 4) is 33.4 Å². The number of nitrogens with zero attached hydrogens (tertiary/aromatic N) is 1. The van der Waals surface area contributed by atoms with Crippen LogP contribution in [0, 0.1) is 0 Å². The summed E-state index contributed by atoms with van der Waals surface area (Å²) in [6.07, 6.45) is 0. The highest BCUT2D eigenvalue weighted by molar-refractivity contribution is 7.26. The van der Waals surface area contributed by atoms with Crippen LogP contribution in [0.2, 0.25) is 0 Å². The molecule has 2 heterocycles. The Hall–Kier alpha value is -7.56. The Morgan fingerprint density at radius 2 is 0.844 bits per heavy atom. The second kappa shape index (κ2) is 14.8. The molecule has 0 spiro atoms. The molecule has 0 unspecified atom stereocenters. The van der Waals surface area contributed by atoms with Gasteiger partial charge in [-0.05, 0) is 98.6 Å². The van der Waals surface area contributed by atoms with Gasteiger partial charge in [0.2, 0.25) is 0 Å². The van der Waals surface area contributed by atoms with Crippen LogP contribution in [0.5, 0.6) is 0 Å². The number of anilines is 3. The lowest BCUT2D eigenvalue weighted by molar-refractivity contribution is 0.768. The number of rotatable bonds is 7. The smallest absolute Gasteiger partial charge is 0.0714 e. The van der Waals surface area contributed by atoms with Gasteiger partial charge in [0.05, 0.1) is 11.1 Å². The zero-order chi connectivity index (χ0) is 42.2. The SMILES string of the molecule is c1ccc(C2(c3ccccc3)c3ccccc3-c3c(N(c4ccc(-c5ccc(-c6cccc7c6sc6ccccc67)cc5)cc4)c4ccc5sc6ccccc6c5c4)cccc32)cc1. The van der Waals surface area contributed by atoms with E-state index in [0.717, 1.165) is 17.1 Å². The third kappa shape index (κ3) is 5.61. The third-order valence-corrected chi connectivity index (χ3v) is 15.8. The number of fused-ring (bicyclic) bond motifs is 9. The minimum absolute atomic E-state index is 0.498. The number of hydrogen-bond donors (Lipinski definition) is 0. The van der Waals surface area contributed by atoms with Gasteiger partial charge in [-0.15, -0.1) is 22.7 Å². The van der Waals surface area contributed by atoms with Crippen LogP contribution in [0.3, 0.4) is 0 Å². The van der Waals surface area contributed by atoms with Crippen LogP contribution in [0.1, 0.15) is 22.3 Å². The van der Waals surface area contributed by atoms with Gasteiger partial charge in [-0.2, -0.15) is 0 Å². The maximum atomic E-state index is 2.49. The summed E-state index contributed by atoms with van der Waals surface area (Å²) < 4.78 is 5.27. The molecule has 13 rings (SSSR count). The van der Waals surface area contributed by atoms with Gasteiger partial charge in [0.15, 0.2) is 0 Å². The fourth-order valence-electron chi connectivity index (χ4n) is 10.6. The quantitative estimate of drug-likeness (QED) is 0.154. The molecule has 12 aromatic rings. The van der Waals surface area contributed by atoms with Gasteiger partial charge in [-0.1, -0.05) is 188 Å². The van der Waals surface area contributed by atoms with E-state index in [4.69, 9.17) is 0 Å². The molecule has 0 amide bonds. The molecule has 2 aromatic heterocycles. The second-order valence-corrected chi connectivity index (χ2v) is 18.9. The fourth-order valence-corrected chi connectivity index (χ4v) is 12.9. The van der Waals surface area contributed by atoms with Gasteiger partial charge in [0.1, 0.15) is 0 Å². The molecule has 0 atom stereocenters. The summed E-state index contributed by atoms with van der Waals surface area (Å²) in [4.78, 5) is 2.49. The molecule has 0 fully saturated rings. The topological polar surface area (TPSA) is 3.24 Å². The minimum atomic E-state index is -0.498. The molecule has 0 radical (unpaired) electrons. The lowest BCUT2D eigenvalue weighted by Gasteiger charge is -2.34. The zero-order valence-electron chi connectivity index (χ0n) is 34.8. The lowest BCUT2D eigenvalue weighted by Crippen LogP contribution is -2.28. The van der Waals surface area contributed by atoms with E-state index in [0.29, 0.717) is 0 Å². The van der Waals surface area contributed by atoms with Gasteiger partial charge < -0.3 is 4.90 Å². The van der Waals surface area contributed by atoms with Crippen LogP contribution >= 0.6 is 22.7 Å². The average Bonchev–Trinajstić information content (AvgIpc) is 4.04. The van der Waals surface area contributed by atoms with Crippen LogP contribution in [0.25, 0.3) is 73.7 Å². The summed E-state index contributed by atoms with van der Waals surface area (Å²) in [5.74, 6) is 0.